The summed E-state index contributed by atoms with van der Waals surface area (Å²) in [6, 6.07) is 10.3. The molecule has 0 saturated carbocycles. The second-order valence-corrected chi connectivity index (χ2v) is 6.92. The Bertz CT molecular complexity index is 1150. The molecule has 0 aliphatic carbocycles. The first kappa shape index (κ1) is 18.8. The van der Waals surface area contributed by atoms with Crippen molar-refractivity contribution in [3.8, 4) is 0 Å². The average Bonchev–Trinajstić information content (AvgIpc) is 2.64. The van der Waals surface area contributed by atoms with E-state index < -0.39 is 11.2 Å². The molecular formula is C19H19ClN4O3. The van der Waals surface area contributed by atoms with Crippen molar-refractivity contribution >= 4 is 28.5 Å². The molecule has 1 aromatic carbocycles. The number of aromatic nitrogens is 3. The molecule has 2 aromatic heterocycles. The van der Waals surface area contributed by atoms with E-state index in [9.17, 15) is 14.4 Å². The lowest BCUT2D eigenvalue weighted by atomic mass is 10.1. The van der Waals surface area contributed by atoms with E-state index in [2.05, 4.69) is 10.3 Å². The molecule has 0 bridgehead atoms. The Morgan fingerprint density at radius 1 is 1.19 bits per heavy atom. The van der Waals surface area contributed by atoms with Gasteiger partial charge in [-0.05, 0) is 43.2 Å². The van der Waals surface area contributed by atoms with Crippen LogP contribution in [0.15, 0.2) is 46.0 Å². The third kappa shape index (κ3) is 3.78. The number of nitrogens with one attached hydrogen (secondary N) is 1. The minimum absolute atomic E-state index is 0.142. The number of hydrogen-bond donors (Lipinski definition) is 1. The zero-order valence-corrected chi connectivity index (χ0v) is 15.9. The average molecular weight is 387 g/mol. The summed E-state index contributed by atoms with van der Waals surface area (Å²) in [4.78, 5) is 41.0. The molecule has 1 N–H and O–H groups in total. The molecular weight excluding hydrogens is 368 g/mol. The van der Waals surface area contributed by atoms with Gasteiger partial charge in [0.1, 0.15) is 11.3 Å². The van der Waals surface area contributed by atoms with Gasteiger partial charge in [-0.2, -0.15) is 0 Å². The van der Waals surface area contributed by atoms with Gasteiger partial charge in [0.05, 0.1) is 5.39 Å². The Morgan fingerprint density at radius 3 is 2.63 bits per heavy atom. The summed E-state index contributed by atoms with van der Waals surface area (Å²) in [5.41, 5.74) is 0.392. The van der Waals surface area contributed by atoms with Crippen LogP contribution in [0.1, 0.15) is 23.0 Å². The van der Waals surface area contributed by atoms with Gasteiger partial charge in [-0.3, -0.25) is 18.7 Å². The number of nitrogens with zero attached hydrogens (tertiary/aromatic N) is 3. The molecule has 7 nitrogen and oxygen atoms in total. The molecule has 0 aliphatic rings. The Hall–Kier alpha value is -2.93. The summed E-state index contributed by atoms with van der Waals surface area (Å²) >= 11 is 5.98. The highest BCUT2D eigenvalue weighted by Gasteiger charge is 2.15. The van der Waals surface area contributed by atoms with Gasteiger partial charge in [0, 0.05) is 25.2 Å². The maximum atomic E-state index is 12.5. The molecule has 3 rings (SSSR count). The van der Waals surface area contributed by atoms with Crippen molar-refractivity contribution in [3.63, 3.8) is 0 Å². The molecule has 0 spiro atoms. The van der Waals surface area contributed by atoms with Gasteiger partial charge < -0.3 is 5.32 Å². The molecule has 0 radical (unpaired) electrons. The Balaban J connectivity index is 1.85. The van der Waals surface area contributed by atoms with Crippen molar-refractivity contribution in [2.45, 2.75) is 19.4 Å². The van der Waals surface area contributed by atoms with Gasteiger partial charge in [0.2, 0.25) is 0 Å². The lowest BCUT2D eigenvalue weighted by molar-refractivity contribution is 0.0935. The Morgan fingerprint density at radius 2 is 1.93 bits per heavy atom. The highest BCUT2D eigenvalue weighted by atomic mass is 35.5. The first-order chi connectivity index (χ1) is 12.8. The van der Waals surface area contributed by atoms with Gasteiger partial charge in [0.15, 0.2) is 0 Å². The van der Waals surface area contributed by atoms with Crippen LogP contribution < -0.4 is 16.6 Å². The van der Waals surface area contributed by atoms with Gasteiger partial charge in [-0.25, -0.2) is 9.78 Å². The number of fused-ring (bicyclic) bond motifs is 1. The number of carbonyl (C=O) groups is 1. The van der Waals surface area contributed by atoms with Crippen molar-refractivity contribution < 1.29 is 4.79 Å². The normalized spacial score (nSPS) is 12.1. The molecule has 140 valence electrons. The first-order valence-electron chi connectivity index (χ1n) is 8.40. The fourth-order valence-electron chi connectivity index (χ4n) is 2.95. The summed E-state index contributed by atoms with van der Waals surface area (Å²) < 4.78 is 2.26. The van der Waals surface area contributed by atoms with Crippen molar-refractivity contribution in [2.24, 2.45) is 14.1 Å². The Kier molecular flexibility index (Phi) is 5.14. The van der Waals surface area contributed by atoms with E-state index in [4.69, 9.17) is 11.6 Å². The predicted octanol–water partition coefficient (Wildman–Crippen LogP) is 1.65. The first-order valence-corrected chi connectivity index (χ1v) is 8.78. The molecule has 3 aromatic rings. The molecule has 1 amide bonds. The number of carbonyl (C=O) groups excluding carboxylic acids is 1. The van der Waals surface area contributed by atoms with E-state index in [0.29, 0.717) is 11.4 Å². The third-order valence-electron chi connectivity index (χ3n) is 4.34. The number of hydrogen-bond acceptors (Lipinski definition) is 4. The lowest BCUT2D eigenvalue weighted by Gasteiger charge is -2.14. The van der Waals surface area contributed by atoms with Crippen molar-refractivity contribution in [1.29, 1.82) is 0 Å². The molecule has 27 heavy (non-hydrogen) atoms. The second kappa shape index (κ2) is 7.36. The highest BCUT2D eigenvalue weighted by molar-refractivity contribution is 6.30. The number of pyridine rings is 1. The second-order valence-electron chi connectivity index (χ2n) is 6.48. The van der Waals surface area contributed by atoms with Gasteiger partial charge in [-0.1, -0.05) is 23.7 Å². The quantitative estimate of drug-likeness (QED) is 0.738. The van der Waals surface area contributed by atoms with Crippen LogP contribution in [0.5, 0.6) is 0 Å². The smallest absolute Gasteiger partial charge is 0.332 e. The lowest BCUT2D eigenvalue weighted by Crippen LogP contribution is -2.38. The molecule has 2 heterocycles. The van der Waals surface area contributed by atoms with Gasteiger partial charge in [-0.15, -0.1) is 0 Å². The maximum Gasteiger partial charge on any atom is 0.332 e. The summed E-state index contributed by atoms with van der Waals surface area (Å²) in [5, 5.41) is 3.80. The topological polar surface area (TPSA) is 86.0 Å². The number of rotatable bonds is 4. The van der Waals surface area contributed by atoms with Crippen LogP contribution in [0.2, 0.25) is 5.02 Å². The van der Waals surface area contributed by atoms with Crippen LogP contribution in [0.25, 0.3) is 11.0 Å². The summed E-state index contributed by atoms with van der Waals surface area (Å²) in [5.74, 6) is -0.375. The molecule has 1 unspecified atom stereocenters. The van der Waals surface area contributed by atoms with Gasteiger partial charge in [0.25, 0.3) is 11.5 Å². The zero-order chi connectivity index (χ0) is 19.7. The fourth-order valence-corrected chi connectivity index (χ4v) is 3.16. The summed E-state index contributed by atoms with van der Waals surface area (Å²) in [6.45, 7) is 1.88. The predicted molar refractivity (Wildman–Crippen MR) is 104 cm³/mol. The van der Waals surface area contributed by atoms with Crippen LogP contribution in [0, 0.1) is 0 Å². The van der Waals surface area contributed by atoms with Crippen LogP contribution in [0.3, 0.4) is 0 Å². The standard InChI is InChI=1S/C19H19ClN4O3/c1-11(9-12-5-4-6-13(20)10-12)21-17(25)15-8-7-14-16(22-15)23(2)19(27)24(3)18(14)26/h4-8,10-11H,9H2,1-3H3,(H,21,25). The molecule has 8 heteroatoms. The van der Waals surface area contributed by atoms with Crippen LogP contribution in [-0.2, 0) is 20.5 Å². The molecule has 0 saturated heterocycles. The van der Waals surface area contributed by atoms with E-state index in [-0.39, 0.29) is 28.7 Å². The molecule has 0 fully saturated rings. The van der Waals surface area contributed by atoms with Gasteiger partial charge >= 0.3 is 5.69 Å². The number of halogens is 1. The van der Waals surface area contributed by atoms with Crippen LogP contribution in [0.4, 0.5) is 0 Å². The third-order valence-corrected chi connectivity index (χ3v) is 4.58. The van der Waals surface area contributed by atoms with Crippen molar-refractivity contribution in [3.05, 3.63) is 73.5 Å². The summed E-state index contributed by atoms with van der Waals surface area (Å²) in [6.07, 6.45) is 0.610. The van der Waals surface area contributed by atoms with Crippen molar-refractivity contribution in [1.82, 2.24) is 19.4 Å². The van der Waals surface area contributed by atoms with E-state index in [1.54, 1.807) is 6.07 Å². The van der Waals surface area contributed by atoms with Crippen molar-refractivity contribution in [2.75, 3.05) is 0 Å². The maximum absolute atomic E-state index is 12.5. The van der Waals surface area contributed by atoms with E-state index in [1.807, 2.05) is 25.1 Å². The number of aryl methyl sites for hydroxylation is 1. The van der Waals surface area contributed by atoms with E-state index >= 15 is 0 Å². The van der Waals surface area contributed by atoms with E-state index in [1.165, 1.54) is 30.8 Å². The number of amides is 1. The molecule has 1 atom stereocenters. The Labute approximate surface area is 160 Å². The number of benzene rings is 1. The summed E-state index contributed by atoms with van der Waals surface area (Å²) in [7, 11) is 2.92. The van der Waals surface area contributed by atoms with Crippen LogP contribution >= 0.6 is 11.6 Å². The molecule has 0 aliphatic heterocycles. The largest absolute Gasteiger partial charge is 0.348 e. The minimum Gasteiger partial charge on any atom is -0.348 e. The van der Waals surface area contributed by atoms with Crippen LogP contribution in [-0.4, -0.2) is 26.1 Å². The zero-order valence-electron chi connectivity index (χ0n) is 15.2. The monoisotopic (exact) mass is 386 g/mol. The highest BCUT2D eigenvalue weighted by Crippen LogP contribution is 2.13. The minimum atomic E-state index is -0.494. The SMILES string of the molecule is CC(Cc1cccc(Cl)c1)NC(=O)c1ccc2c(=O)n(C)c(=O)n(C)c2n1. The fraction of sp³-hybridized carbons (Fsp3) is 0.263. The van der Waals surface area contributed by atoms with E-state index in [0.717, 1.165) is 10.1 Å².